The van der Waals surface area contributed by atoms with E-state index in [0.717, 1.165) is 18.4 Å². The van der Waals surface area contributed by atoms with Gasteiger partial charge in [-0.1, -0.05) is 30.3 Å². The van der Waals surface area contributed by atoms with Crippen LogP contribution in [0.4, 0.5) is 4.79 Å². The van der Waals surface area contributed by atoms with Crippen LogP contribution >= 0.6 is 0 Å². The fourth-order valence-electron chi connectivity index (χ4n) is 3.46. The monoisotopic (exact) mass is 372 g/mol. The molecule has 7 heteroatoms. The molecule has 1 amide bonds. The minimum Gasteiger partial charge on any atom is -0.445 e. The third-order valence-corrected chi connectivity index (χ3v) is 5.00. The number of hydrogen-bond donors (Lipinski definition) is 1. The molecule has 2 heterocycles. The SMILES string of the molecule is Cc1nn([C@@H]2CC[C@@H](C)N(C(=O)OCc3ccccc3)C2)nc1C(C)(C)O. The summed E-state index contributed by atoms with van der Waals surface area (Å²) in [6.07, 6.45) is 1.41. The Morgan fingerprint density at radius 1 is 1.26 bits per heavy atom. The zero-order valence-electron chi connectivity index (χ0n) is 16.4. The molecule has 1 saturated heterocycles. The lowest BCUT2D eigenvalue weighted by Crippen LogP contribution is -2.46. The molecular formula is C20H28N4O3. The average molecular weight is 372 g/mol. The van der Waals surface area contributed by atoms with Gasteiger partial charge in [-0.3, -0.25) is 0 Å². The number of piperidine rings is 1. The van der Waals surface area contributed by atoms with E-state index in [0.29, 0.717) is 17.9 Å². The van der Waals surface area contributed by atoms with Crippen molar-refractivity contribution < 1.29 is 14.6 Å². The first-order valence-electron chi connectivity index (χ1n) is 9.39. The molecule has 2 atom stereocenters. The number of likely N-dealkylation sites (tertiary alicyclic amines) is 1. The van der Waals surface area contributed by atoms with Crippen molar-refractivity contribution in [1.29, 1.82) is 0 Å². The van der Waals surface area contributed by atoms with Crippen LogP contribution in [0.1, 0.15) is 56.6 Å². The first kappa shape index (κ1) is 19.4. The van der Waals surface area contributed by atoms with Gasteiger partial charge in [0.25, 0.3) is 0 Å². The van der Waals surface area contributed by atoms with Crippen molar-refractivity contribution in [2.75, 3.05) is 6.54 Å². The molecule has 1 aromatic heterocycles. The summed E-state index contributed by atoms with van der Waals surface area (Å²) in [5, 5.41) is 19.2. The number of rotatable bonds is 4. The third-order valence-electron chi connectivity index (χ3n) is 5.00. The molecule has 2 aromatic rings. The molecule has 0 aliphatic carbocycles. The second kappa shape index (κ2) is 7.68. The number of aromatic nitrogens is 3. The van der Waals surface area contributed by atoms with E-state index in [1.165, 1.54) is 0 Å². The zero-order chi connectivity index (χ0) is 19.6. The smallest absolute Gasteiger partial charge is 0.410 e. The van der Waals surface area contributed by atoms with Crippen LogP contribution in [0.5, 0.6) is 0 Å². The van der Waals surface area contributed by atoms with E-state index in [1.807, 2.05) is 44.2 Å². The van der Waals surface area contributed by atoms with E-state index < -0.39 is 5.60 Å². The van der Waals surface area contributed by atoms with Gasteiger partial charge < -0.3 is 14.7 Å². The summed E-state index contributed by atoms with van der Waals surface area (Å²) < 4.78 is 5.50. The normalized spacial score (nSPS) is 20.6. The molecule has 146 valence electrons. The zero-order valence-corrected chi connectivity index (χ0v) is 16.4. The third kappa shape index (κ3) is 4.47. The predicted octanol–water partition coefficient (Wildman–Crippen LogP) is 3.18. The largest absolute Gasteiger partial charge is 0.445 e. The van der Waals surface area contributed by atoms with E-state index >= 15 is 0 Å². The van der Waals surface area contributed by atoms with Gasteiger partial charge in [-0.15, -0.1) is 0 Å². The summed E-state index contributed by atoms with van der Waals surface area (Å²) in [6.45, 7) is 8.02. The maximum Gasteiger partial charge on any atom is 0.410 e. The summed E-state index contributed by atoms with van der Waals surface area (Å²) in [7, 11) is 0. The Morgan fingerprint density at radius 3 is 2.59 bits per heavy atom. The molecule has 1 fully saturated rings. The maximum absolute atomic E-state index is 12.6. The summed E-state index contributed by atoms with van der Waals surface area (Å²) in [4.78, 5) is 16.0. The second-order valence-electron chi connectivity index (χ2n) is 7.79. The lowest BCUT2D eigenvalue weighted by Gasteiger charge is -2.36. The lowest BCUT2D eigenvalue weighted by atomic mass is 10.0. The first-order chi connectivity index (χ1) is 12.8. The molecule has 1 aliphatic rings. The first-order valence-corrected chi connectivity index (χ1v) is 9.39. The number of carbonyl (C=O) groups excluding carboxylic acids is 1. The highest BCUT2D eigenvalue weighted by Gasteiger charge is 2.33. The van der Waals surface area contributed by atoms with Crippen LogP contribution in [0, 0.1) is 6.92 Å². The summed E-state index contributed by atoms with van der Waals surface area (Å²) in [5.41, 5.74) is 1.20. The Kier molecular flexibility index (Phi) is 5.51. The summed E-state index contributed by atoms with van der Waals surface area (Å²) >= 11 is 0. The molecule has 3 rings (SSSR count). The molecule has 0 saturated carbocycles. The summed E-state index contributed by atoms with van der Waals surface area (Å²) in [5.74, 6) is 0. The van der Waals surface area contributed by atoms with Gasteiger partial charge >= 0.3 is 6.09 Å². The van der Waals surface area contributed by atoms with Gasteiger partial charge in [0, 0.05) is 12.6 Å². The number of carbonyl (C=O) groups is 1. The van der Waals surface area contributed by atoms with E-state index in [9.17, 15) is 9.90 Å². The Bertz CT molecular complexity index is 782. The molecule has 1 N–H and O–H groups in total. The van der Waals surface area contributed by atoms with Crippen LogP contribution in [0.2, 0.25) is 0 Å². The van der Waals surface area contributed by atoms with E-state index in [1.54, 1.807) is 23.5 Å². The standard InChI is InChI=1S/C20H28N4O3/c1-14-10-11-17(24-21-15(2)18(22-24)20(3,4)26)12-23(14)19(25)27-13-16-8-6-5-7-9-16/h5-9,14,17,26H,10-13H2,1-4H3/t14-,17-/m1/s1. The van der Waals surface area contributed by atoms with Crippen molar-refractivity contribution in [2.45, 2.75) is 64.8 Å². The lowest BCUT2D eigenvalue weighted by molar-refractivity contribution is 0.0545. The van der Waals surface area contributed by atoms with Crippen LogP contribution in [0.15, 0.2) is 30.3 Å². The Hall–Kier alpha value is -2.41. The minimum atomic E-state index is -1.04. The fourth-order valence-corrected chi connectivity index (χ4v) is 3.46. The van der Waals surface area contributed by atoms with Crippen LogP contribution in [-0.2, 0) is 16.9 Å². The maximum atomic E-state index is 12.6. The topological polar surface area (TPSA) is 80.5 Å². The highest BCUT2D eigenvalue weighted by molar-refractivity contribution is 5.68. The van der Waals surface area contributed by atoms with Crippen LogP contribution in [-0.4, -0.2) is 43.7 Å². The molecular weight excluding hydrogens is 344 g/mol. The molecule has 27 heavy (non-hydrogen) atoms. The highest BCUT2D eigenvalue weighted by Crippen LogP contribution is 2.27. The Morgan fingerprint density at radius 2 is 1.96 bits per heavy atom. The fraction of sp³-hybridized carbons (Fsp3) is 0.550. The molecule has 0 spiro atoms. The van der Waals surface area contributed by atoms with Crippen LogP contribution in [0.25, 0.3) is 0 Å². The van der Waals surface area contributed by atoms with Gasteiger partial charge in [0.15, 0.2) is 0 Å². The van der Waals surface area contributed by atoms with Crippen LogP contribution < -0.4 is 0 Å². The predicted molar refractivity (Wildman–Crippen MR) is 101 cm³/mol. The Labute approximate surface area is 159 Å². The molecule has 0 bridgehead atoms. The van der Waals surface area contributed by atoms with Crippen molar-refractivity contribution in [3.63, 3.8) is 0 Å². The molecule has 0 radical (unpaired) electrons. The number of hydrogen-bond acceptors (Lipinski definition) is 5. The minimum absolute atomic E-state index is 0.0275. The van der Waals surface area contributed by atoms with Gasteiger partial charge in [0.2, 0.25) is 0 Å². The van der Waals surface area contributed by atoms with Crippen molar-refractivity contribution >= 4 is 6.09 Å². The van der Waals surface area contributed by atoms with E-state index in [2.05, 4.69) is 10.2 Å². The van der Waals surface area contributed by atoms with Gasteiger partial charge in [-0.2, -0.15) is 15.0 Å². The second-order valence-corrected chi connectivity index (χ2v) is 7.79. The van der Waals surface area contributed by atoms with Crippen molar-refractivity contribution in [2.24, 2.45) is 0 Å². The van der Waals surface area contributed by atoms with Gasteiger partial charge in [-0.05, 0) is 46.1 Å². The number of aliphatic hydroxyl groups is 1. The molecule has 1 aliphatic heterocycles. The van der Waals surface area contributed by atoms with Crippen molar-refractivity contribution in [1.82, 2.24) is 19.9 Å². The number of aryl methyl sites for hydroxylation is 1. The molecule has 7 nitrogen and oxygen atoms in total. The van der Waals surface area contributed by atoms with E-state index in [-0.39, 0.29) is 24.8 Å². The van der Waals surface area contributed by atoms with Gasteiger partial charge in [-0.25, -0.2) is 4.79 Å². The molecule has 0 unspecified atom stereocenters. The number of amides is 1. The average Bonchev–Trinajstić information content (AvgIpc) is 3.03. The number of ether oxygens (including phenoxy) is 1. The van der Waals surface area contributed by atoms with E-state index in [4.69, 9.17) is 4.74 Å². The van der Waals surface area contributed by atoms with Gasteiger partial charge in [0.1, 0.15) is 17.9 Å². The Balaban J connectivity index is 1.68. The van der Waals surface area contributed by atoms with Gasteiger partial charge in [0.05, 0.1) is 11.7 Å². The van der Waals surface area contributed by atoms with Crippen molar-refractivity contribution in [3.05, 3.63) is 47.3 Å². The highest BCUT2D eigenvalue weighted by atomic mass is 16.6. The quantitative estimate of drug-likeness (QED) is 0.891. The van der Waals surface area contributed by atoms with Crippen molar-refractivity contribution in [3.8, 4) is 0 Å². The van der Waals surface area contributed by atoms with Crippen LogP contribution in [0.3, 0.4) is 0 Å². The number of benzene rings is 1. The number of nitrogens with zero attached hydrogens (tertiary/aromatic N) is 4. The summed E-state index contributed by atoms with van der Waals surface area (Å²) in [6, 6.07) is 9.73. The molecule has 1 aromatic carbocycles.